The number of amides is 1. The van der Waals surface area contributed by atoms with Crippen molar-refractivity contribution in [1.82, 2.24) is 5.32 Å². The molecule has 10 heteroatoms. The molecular formula is C19H16ClN2O5PS. The maximum atomic E-state index is 12.8. The lowest BCUT2D eigenvalue weighted by Crippen LogP contribution is -2.25. The van der Waals surface area contributed by atoms with Gasteiger partial charge in [0, 0.05) is 28.7 Å². The van der Waals surface area contributed by atoms with E-state index in [-0.39, 0.29) is 5.69 Å². The molecule has 0 saturated carbocycles. The van der Waals surface area contributed by atoms with Crippen molar-refractivity contribution in [1.29, 1.82) is 0 Å². The lowest BCUT2D eigenvalue weighted by Gasteiger charge is -2.18. The summed E-state index contributed by atoms with van der Waals surface area (Å²) in [5.74, 6) is -0.687. The minimum absolute atomic E-state index is 0.114. The van der Waals surface area contributed by atoms with Crippen molar-refractivity contribution in [3.05, 3.63) is 80.3 Å². The molecule has 29 heavy (non-hydrogen) atoms. The maximum Gasteiger partial charge on any atom is 0.276 e. The molecule has 0 saturated heterocycles. The number of nitrogens with one attached hydrogen (secondary N) is 1. The molecule has 1 amide bonds. The SMILES string of the molecule is CP(=O)(O)C(C(=O)N/C=C/c1ccccc1[N+](=O)[O-])c1csc2ccc(Cl)cc12. The molecule has 2 N–H and O–H groups in total. The minimum atomic E-state index is -3.87. The van der Waals surface area contributed by atoms with Gasteiger partial charge in [0.25, 0.3) is 5.69 Å². The molecule has 0 aliphatic carbocycles. The average molecular weight is 451 g/mol. The van der Waals surface area contributed by atoms with Crippen LogP contribution in [-0.2, 0) is 9.36 Å². The number of thiophene rings is 1. The predicted octanol–water partition coefficient (Wildman–Crippen LogP) is 5.19. The van der Waals surface area contributed by atoms with Gasteiger partial charge in [-0.15, -0.1) is 11.3 Å². The molecule has 3 rings (SSSR count). The fourth-order valence-electron chi connectivity index (χ4n) is 2.94. The van der Waals surface area contributed by atoms with Gasteiger partial charge in [0.15, 0.2) is 0 Å². The van der Waals surface area contributed by atoms with E-state index in [9.17, 15) is 24.4 Å². The zero-order chi connectivity index (χ0) is 21.2. The molecule has 2 unspecified atom stereocenters. The zero-order valence-electron chi connectivity index (χ0n) is 15.1. The first-order valence-electron chi connectivity index (χ1n) is 8.35. The quantitative estimate of drug-likeness (QED) is 0.305. The third kappa shape index (κ3) is 4.74. The molecule has 0 spiro atoms. The topological polar surface area (TPSA) is 110 Å². The second-order valence-corrected chi connectivity index (χ2v) is 10.1. The number of para-hydroxylation sites is 1. The van der Waals surface area contributed by atoms with Crippen LogP contribution in [0.3, 0.4) is 0 Å². The van der Waals surface area contributed by atoms with E-state index in [1.165, 1.54) is 41.8 Å². The largest absolute Gasteiger partial charge is 0.344 e. The first-order valence-corrected chi connectivity index (χ1v) is 11.8. The van der Waals surface area contributed by atoms with Gasteiger partial charge in [0.2, 0.25) is 13.3 Å². The van der Waals surface area contributed by atoms with Crippen LogP contribution in [0.1, 0.15) is 16.8 Å². The van der Waals surface area contributed by atoms with E-state index in [1.54, 1.807) is 29.6 Å². The summed E-state index contributed by atoms with van der Waals surface area (Å²) in [5.41, 5.74) is -0.704. The molecule has 150 valence electrons. The molecule has 0 fully saturated rings. The minimum Gasteiger partial charge on any atom is -0.344 e. The van der Waals surface area contributed by atoms with Gasteiger partial charge >= 0.3 is 0 Å². The van der Waals surface area contributed by atoms with Gasteiger partial charge in [-0.2, -0.15) is 0 Å². The number of carbonyl (C=O) groups excluding carboxylic acids is 1. The van der Waals surface area contributed by atoms with Gasteiger partial charge in [-0.3, -0.25) is 19.5 Å². The van der Waals surface area contributed by atoms with E-state index in [2.05, 4.69) is 5.32 Å². The summed E-state index contributed by atoms with van der Waals surface area (Å²) in [5, 5.41) is 16.3. The van der Waals surface area contributed by atoms with Crippen molar-refractivity contribution in [3.63, 3.8) is 0 Å². The third-order valence-electron chi connectivity index (χ3n) is 4.21. The highest BCUT2D eigenvalue weighted by molar-refractivity contribution is 7.58. The second kappa shape index (κ2) is 8.47. The molecule has 0 aliphatic heterocycles. The van der Waals surface area contributed by atoms with Crippen LogP contribution < -0.4 is 5.32 Å². The van der Waals surface area contributed by atoms with Gasteiger partial charge in [-0.1, -0.05) is 23.7 Å². The number of rotatable bonds is 6. The van der Waals surface area contributed by atoms with E-state index in [1.807, 2.05) is 0 Å². The summed E-state index contributed by atoms with van der Waals surface area (Å²) in [6, 6.07) is 11.2. The van der Waals surface area contributed by atoms with E-state index in [0.717, 1.165) is 11.4 Å². The van der Waals surface area contributed by atoms with Gasteiger partial charge in [-0.05, 0) is 46.7 Å². The Kier molecular flexibility index (Phi) is 6.19. The Morgan fingerprint density at radius 3 is 2.76 bits per heavy atom. The van der Waals surface area contributed by atoms with Crippen LogP contribution in [0, 0.1) is 10.1 Å². The second-order valence-electron chi connectivity index (χ2n) is 6.34. The molecule has 0 radical (unpaired) electrons. The van der Waals surface area contributed by atoms with Crippen LogP contribution in [0.4, 0.5) is 5.69 Å². The Balaban J connectivity index is 1.91. The number of carbonyl (C=O) groups is 1. The molecule has 0 aliphatic rings. The number of halogens is 1. The lowest BCUT2D eigenvalue weighted by molar-refractivity contribution is -0.385. The number of hydrogen-bond donors (Lipinski definition) is 2. The van der Waals surface area contributed by atoms with Crippen molar-refractivity contribution in [2.75, 3.05) is 6.66 Å². The number of nitro groups is 1. The lowest BCUT2D eigenvalue weighted by atomic mass is 10.1. The molecular weight excluding hydrogens is 435 g/mol. The predicted molar refractivity (Wildman–Crippen MR) is 116 cm³/mol. The number of hydrogen-bond acceptors (Lipinski definition) is 5. The molecule has 0 bridgehead atoms. The van der Waals surface area contributed by atoms with Gasteiger partial charge in [-0.25, -0.2) is 0 Å². The molecule has 1 aromatic heterocycles. The normalized spacial score (nSPS) is 14.6. The van der Waals surface area contributed by atoms with Crippen LogP contribution in [0.25, 0.3) is 16.2 Å². The zero-order valence-corrected chi connectivity index (χ0v) is 17.6. The highest BCUT2D eigenvalue weighted by atomic mass is 35.5. The van der Waals surface area contributed by atoms with E-state index >= 15 is 0 Å². The van der Waals surface area contributed by atoms with Crippen molar-refractivity contribution >= 4 is 58.1 Å². The van der Waals surface area contributed by atoms with Crippen LogP contribution >= 0.6 is 30.3 Å². The Hall–Kier alpha value is -2.51. The molecule has 7 nitrogen and oxygen atoms in total. The number of benzene rings is 2. The number of fused-ring (bicyclic) bond motifs is 1. The molecule has 3 aromatic rings. The highest BCUT2D eigenvalue weighted by Gasteiger charge is 2.36. The summed E-state index contributed by atoms with van der Waals surface area (Å²) in [7, 11) is -3.87. The monoisotopic (exact) mass is 450 g/mol. The van der Waals surface area contributed by atoms with Gasteiger partial charge in [0.1, 0.15) is 5.66 Å². The fourth-order valence-corrected chi connectivity index (χ4v) is 5.42. The van der Waals surface area contributed by atoms with Crippen molar-refractivity contribution < 1.29 is 19.2 Å². The van der Waals surface area contributed by atoms with Crippen molar-refractivity contribution in [2.24, 2.45) is 0 Å². The van der Waals surface area contributed by atoms with Crippen LogP contribution in [0.15, 0.2) is 54.0 Å². The summed E-state index contributed by atoms with van der Waals surface area (Å²) in [4.78, 5) is 33.5. The highest BCUT2D eigenvalue weighted by Crippen LogP contribution is 2.54. The average Bonchev–Trinajstić information content (AvgIpc) is 3.03. The van der Waals surface area contributed by atoms with Crippen LogP contribution in [0.5, 0.6) is 0 Å². The first kappa shape index (κ1) is 21.2. The van der Waals surface area contributed by atoms with Crippen LogP contribution in [0.2, 0.25) is 5.02 Å². The maximum absolute atomic E-state index is 12.8. The van der Waals surface area contributed by atoms with Crippen LogP contribution in [-0.4, -0.2) is 22.4 Å². The summed E-state index contributed by atoms with van der Waals surface area (Å²) in [6.45, 7) is 1.12. The van der Waals surface area contributed by atoms with Crippen molar-refractivity contribution in [3.8, 4) is 0 Å². The Morgan fingerprint density at radius 1 is 1.34 bits per heavy atom. The fraction of sp³-hybridized carbons (Fsp3) is 0.105. The molecule has 2 atom stereocenters. The molecule has 2 aromatic carbocycles. The van der Waals surface area contributed by atoms with E-state index < -0.39 is 23.9 Å². The van der Waals surface area contributed by atoms with Gasteiger partial charge in [0.05, 0.1) is 10.5 Å². The summed E-state index contributed by atoms with van der Waals surface area (Å²) < 4.78 is 13.4. The smallest absolute Gasteiger partial charge is 0.276 e. The standard InChI is InChI=1S/C19H16ClN2O5PS/c1-28(26,27)18(15-11-29-17-7-6-13(20)10-14(15)17)19(23)21-9-8-12-4-2-3-5-16(12)22(24)25/h2-11,18H,1H3,(H,21,23)(H,26,27)/b9-8+. The van der Waals surface area contributed by atoms with Crippen molar-refractivity contribution in [2.45, 2.75) is 5.66 Å². The van der Waals surface area contributed by atoms with E-state index in [4.69, 9.17) is 11.6 Å². The Bertz CT molecular complexity index is 1170. The Morgan fingerprint density at radius 2 is 2.07 bits per heavy atom. The third-order valence-corrected chi connectivity index (χ3v) is 6.90. The summed E-state index contributed by atoms with van der Waals surface area (Å²) >= 11 is 7.39. The van der Waals surface area contributed by atoms with Gasteiger partial charge < -0.3 is 10.2 Å². The Labute approximate surface area is 175 Å². The summed E-state index contributed by atoms with van der Waals surface area (Å²) in [6.07, 6.45) is 2.60. The number of nitrogens with zero attached hydrogens (tertiary/aromatic N) is 1. The number of nitro benzene ring substituents is 1. The first-order chi connectivity index (χ1) is 13.7. The van der Waals surface area contributed by atoms with E-state index in [0.29, 0.717) is 21.5 Å². The molecule has 1 heterocycles.